The molecule has 2 N–H and O–H groups in total. The number of hydrogen-bond donors (Lipinski definition) is 2. The van der Waals surface area contributed by atoms with Crippen molar-refractivity contribution in [3.63, 3.8) is 0 Å². The molecule has 4 fully saturated rings. The van der Waals surface area contributed by atoms with Crippen LogP contribution in [0, 0.1) is 30.3 Å². The summed E-state index contributed by atoms with van der Waals surface area (Å²) in [5, 5.41) is 53.7. The highest BCUT2D eigenvalue weighted by Gasteiger charge is 2.76. The Morgan fingerprint density at radius 2 is 1.48 bits per heavy atom. The molecular weight excluding hydrogens is 434 g/mol. The molecule has 174 valence electrons. The third-order valence-corrected chi connectivity index (χ3v) is 6.26. The van der Waals surface area contributed by atoms with Gasteiger partial charge in [-0.2, -0.15) is 0 Å². The van der Waals surface area contributed by atoms with Crippen molar-refractivity contribution in [2.24, 2.45) is 0 Å². The summed E-state index contributed by atoms with van der Waals surface area (Å²) in [6.45, 7) is -0.219. The van der Waals surface area contributed by atoms with E-state index in [0.717, 1.165) is 6.92 Å². The number of fused-ring (bicyclic) bond motifs is 2. The number of aliphatic hydroxyl groups is 2. The van der Waals surface area contributed by atoms with E-state index in [1.165, 1.54) is 0 Å². The molecule has 0 aromatic heterocycles. The van der Waals surface area contributed by atoms with Crippen LogP contribution in [0.4, 0.5) is 0 Å². The van der Waals surface area contributed by atoms with Crippen molar-refractivity contribution < 1.29 is 53.9 Å². The molecule has 4 aliphatic rings. The average molecular weight is 453 g/mol. The maximum absolute atomic E-state index is 11.6. The van der Waals surface area contributed by atoms with Gasteiger partial charge in [0.15, 0.2) is 17.8 Å². The zero-order valence-corrected chi connectivity index (χ0v) is 15.9. The molecule has 4 rings (SSSR count). The molecule has 17 heteroatoms. The van der Waals surface area contributed by atoms with Gasteiger partial charge in [0.05, 0.1) is 19.8 Å². The lowest BCUT2D eigenvalue weighted by Gasteiger charge is -2.41. The van der Waals surface area contributed by atoms with Gasteiger partial charge in [0.2, 0.25) is 6.04 Å². The molecule has 2 unspecified atom stereocenters. The molecule has 17 nitrogen and oxygen atoms in total. The lowest BCUT2D eigenvalue weighted by Crippen LogP contribution is -2.68. The molecule has 4 heterocycles. The quantitative estimate of drug-likeness (QED) is 0.294. The molecular formula is C14H19N3O14. The first-order chi connectivity index (χ1) is 14.5. The molecule has 0 aromatic carbocycles. The summed E-state index contributed by atoms with van der Waals surface area (Å²) in [6.07, 6.45) is -9.46. The van der Waals surface area contributed by atoms with Crippen LogP contribution in [0.25, 0.3) is 0 Å². The molecule has 0 spiro atoms. The monoisotopic (exact) mass is 453 g/mol. The van der Waals surface area contributed by atoms with Crippen LogP contribution in [0.3, 0.4) is 0 Å². The summed E-state index contributed by atoms with van der Waals surface area (Å²) in [5.74, 6) is 0. The molecule has 4 saturated heterocycles. The zero-order chi connectivity index (χ0) is 22.7. The Hall–Kier alpha value is -2.44. The predicted molar refractivity (Wildman–Crippen MR) is 88.0 cm³/mol. The van der Waals surface area contributed by atoms with Gasteiger partial charge in [0, 0.05) is 11.8 Å². The van der Waals surface area contributed by atoms with Crippen LogP contribution < -0.4 is 0 Å². The van der Waals surface area contributed by atoms with E-state index in [1.54, 1.807) is 0 Å². The van der Waals surface area contributed by atoms with Crippen LogP contribution in [0.2, 0.25) is 0 Å². The lowest BCUT2D eigenvalue weighted by atomic mass is 9.75. The first-order valence-corrected chi connectivity index (χ1v) is 9.21. The molecule has 31 heavy (non-hydrogen) atoms. The number of hydrogen-bond acceptors (Lipinski definition) is 14. The second-order valence-corrected chi connectivity index (χ2v) is 7.84. The van der Waals surface area contributed by atoms with Gasteiger partial charge >= 0.3 is 0 Å². The average Bonchev–Trinajstić information content (AvgIpc) is 3.40. The Labute approximate surface area is 172 Å². The van der Waals surface area contributed by atoms with Crippen LogP contribution in [0.15, 0.2) is 0 Å². The molecule has 0 aromatic rings. The van der Waals surface area contributed by atoms with Crippen molar-refractivity contribution in [2.45, 2.75) is 66.9 Å². The minimum atomic E-state index is -2.47. The van der Waals surface area contributed by atoms with Gasteiger partial charge in [-0.1, -0.05) is 0 Å². The number of nitrogens with zero attached hydrogens (tertiary/aromatic N) is 3. The normalized spacial score (nSPS) is 46.9. The third kappa shape index (κ3) is 3.15. The van der Waals surface area contributed by atoms with Gasteiger partial charge < -0.3 is 38.8 Å². The summed E-state index contributed by atoms with van der Waals surface area (Å²) < 4.78 is 21.9. The van der Waals surface area contributed by atoms with Crippen molar-refractivity contribution in [2.75, 3.05) is 19.8 Å². The Kier molecular flexibility index (Phi) is 5.14. The second kappa shape index (κ2) is 7.31. The molecule has 0 amide bonds. The maximum atomic E-state index is 11.6. The standard InChI is InChI=1S/C14H19N3O14/c1-5(15(20)21)14(19)11-9(7(3-27-11)31-17(24)25)29-12(14)13(18)4-28-8-6(30-16(22)23)2-26-10(8)13/h5-12,18-19H,2-4H2,1H3/t5?,6-,7-,8-,9-,10+,11+,12?,13-,14+/m1/s1. The SMILES string of the molecule is CC([N+](=O)[O-])[C@@]1(O)C([C@@]2(O)CO[C@@H]3[C@H](O[N+](=O)[O-])CO[C@@H]32)O[C@@H]2[C@H](O[N+](=O)[O-])CO[C@@H]21. The number of nitro groups is 1. The van der Waals surface area contributed by atoms with Crippen LogP contribution in [-0.4, -0.2) is 105 Å². The van der Waals surface area contributed by atoms with E-state index >= 15 is 0 Å². The topological polar surface area (TPSA) is 225 Å². The Morgan fingerprint density at radius 3 is 2.03 bits per heavy atom. The number of rotatable bonds is 7. The van der Waals surface area contributed by atoms with E-state index in [2.05, 4.69) is 9.68 Å². The first kappa shape index (κ1) is 21.8. The Balaban J connectivity index is 1.67. The van der Waals surface area contributed by atoms with Gasteiger partial charge in [-0.3, -0.25) is 10.1 Å². The Morgan fingerprint density at radius 1 is 0.935 bits per heavy atom. The van der Waals surface area contributed by atoms with E-state index < -0.39 is 81.7 Å². The number of ether oxygens (including phenoxy) is 4. The van der Waals surface area contributed by atoms with Crippen molar-refractivity contribution in [1.82, 2.24) is 0 Å². The fourth-order valence-corrected chi connectivity index (χ4v) is 4.84. The highest BCUT2D eigenvalue weighted by molar-refractivity contribution is 5.21. The van der Waals surface area contributed by atoms with Crippen molar-refractivity contribution in [3.8, 4) is 0 Å². The second-order valence-electron chi connectivity index (χ2n) is 7.84. The molecule has 0 bridgehead atoms. The first-order valence-electron chi connectivity index (χ1n) is 9.21. The molecule has 10 atom stereocenters. The van der Waals surface area contributed by atoms with Gasteiger partial charge in [0.1, 0.15) is 36.1 Å². The minimum absolute atomic E-state index is 0.328. The fourth-order valence-electron chi connectivity index (χ4n) is 4.84. The summed E-state index contributed by atoms with van der Waals surface area (Å²) in [5.41, 5.74) is -4.69. The van der Waals surface area contributed by atoms with Crippen LogP contribution >= 0.6 is 0 Å². The summed E-state index contributed by atoms with van der Waals surface area (Å²) >= 11 is 0. The third-order valence-electron chi connectivity index (χ3n) is 6.26. The highest BCUT2D eigenvalue weighted by Crippen LogP contribution is 2.50. The Bertz CT molecular complexity index is 783. The van der Waals surface area contributed by atoms with Gasteiger partial charge in [-0.15, -0.1) is 20.2 Å². The van der Waals surface area contributed by atoms with Gasteiger partial charge in [-0.25, -0.2) is 0 Å². The maximum Gasteiger partial charge on any atom is 0.294 e. The highest BCUT2D eigenvalue weighted by atomic mass is 17.0. The van der Waals surface area contributed by atoms with E-state index in [4.69, 9.17) is 18.9 Å². The van der Waals surface area contributed by atoms with Crippen LogP contribution in [0.1, 0.15) is 6.92 Å². The van der Waals surface area contributed by atoms with Crippen LogP contribution in [-0.2, 0) is 28.6 Å². The van der Waals surface area contributed by atoms with Crippen molar-refractivity contribution in [1.29, 1.82) is 0 Å². The van der Waals surface area contributed by atoms with Crippen molar-refractivity contribution in [3.05, 3.63) is 30.3 Å². The van der Waals surface area contributed by atoms with Gasteiger partial charge in [-0.05, 0) is 0 Å². The lowest BCUT2D eigenvalue weighted by molar-refractivity contribution is -0.769. The van der Waals surface area contributed by atoms with Crippen LogP contribution in [0.5, 0.6) is 0 Å². The van der Waals surface area contributed by atoms with E-state index in [1.807, 2.05) is 0 Å². The largest absolute Gasteiger partial charge is 0.382 e. The minimum Gasteiger partial charge on any atom is -0.382 e. The summed E-state index contributed by atoms with van der Waals surface area (Å²) in [4.78, 5) is 41.2. The fraction of sp³-hybridized carbons (Fsp3) is 1.00. The summed E-state index contributed by atoms with van der Waals surface area (Å²) in [6, 6.07) is -1.75. The van der Waals surface area contributed by atoms with E-state index in [9.17, 15) is 40.6 Å². The summed E-state index contributed by atoms with van der Waals surface area (Å²) in [7, 11) is 0. The van der Waals surface area contributed by atoms with E-state index in [-0.39, 0.29) is 13.2 Å². The smallest absolute Gasteiger partial charge is 0.294 e. The predicted octanol–water partition coefficient (Wildman–Crippen LogP) is -2.77. The molecule has 0 radical (unpaired) electrons. The molecule has 4 aliphatic heterocycles. The van der Waals surface area contributed by atoms with Gasteiger partial charge in [0.25, 0.3) is 10.2 Å². The van der Waals surface area contributed by atoms with Crippen molar-refractivity contribution >= 4 is 0 Å². The molecule has 0 saturated carbocycles. The van der Waals surface area contributed by atoms with E-state index in [0.29, 0.717) is 0 Å². The molecule has 0 aliphatic carbocycles. The zero-order valence-electron chi connectivity index (χ0n) is 15.9.